The molecule has 0 spiro atoms. The summed E-state index contributed by atoms with van der Waals surface area (Å²) in [5.41, 5.74) is 0. The summed E-state index contributed by atoms with van der Waals surface area (Å²) in [5.74, 6) is 0.682. The number of carbonyl (C=O) groups excluding carboxylic acids is 1. The van der Waals surface area contributed by atoms with Crippen molar-refractivity contribution in [1.82, 2.24) is 15.1 Å². The summed E-state index contributed by atoms with van der Waals surface area (Å²) >= 11 is 0. The van der Waals surface area contributed by atoms with Gasteiger partial charge in [0.15, 0.2) is 0 Å². The van der Waals surface area contributed by atoms with Crippen LogP contribution in [-0.2, 0) is 4.79 Å². The van der Waals surface area contributed by atoms with Gasteiger partial charge in [-0.1, -0.05) is 26.7 Å². The highest BCUT2D eigenvalue weighted by Gasteiger charge is 2.31. The maximum Gasteiger partial charge on any atom is 0.225 e. The zero-order chi connectivity index (χ0) is 13.7. The Morgan fingerprint density at radius 1 is 1.11 bits per heavy atom. The average molecular weight is 267 g/mol. The van der Waals surface area contributed by atoms with E-state index >= 15 is 0 Å². The molecule has 0 saturated carbocycles. The highest BCUT2D eigenvalue weighted by Crippen LogP contribution is 2.19. The summed E-state index contributed by atoms with van der Waals surface area (Å²) in [6.45, 7) is 10.6. The van der Waals surface area contributed by atoms with Crippen LogP contribution in [0.3, 0.4) is 0 Å². The number of piperazine rings is 1. The predicted octanol–water partition coefficient (Wildman–Crippen LogP) is 1.32. The summed E-state index contributed by atoms with van der Waals surface area (Å²) in [4.78, 5) is 17.2. The van der Waals surface area contributed by atoms with E-state index in [1.54, 1.807) is 0 Å². The lowest BCUT2D eigenvalue weighted by Gasteiger charge is -2.43. The number of hydrogen-bond acceptors (Lipinski definition) is 3. The van der Waals surface area contributed by atoms with Gasteiger partial charge in [-0.3, -0.25) is 9.69 Å². The van der Waals surface area contributed by atoms with Crippen molar-refractivity contribution < 1.29 is 4.79 Å². The van der Waals surface area contributed by atoms with E-state index in [4.69, 9.17) is 0 Å². The molecule has 1 amide bonds. The number of hydrogen-bond donors (Lipinski definition) is 1. The summed E-state index contributed by atoms with van der Waals surface area (Å²) in [5, 5.41) is 3.32. The Kier molecular flexibility index (Phi) is 5.64. The fraction of sp³-hybridized carbons (Fsp3) is 0.933. The van der Waals surface area contributed by atoms with Crippen molar-refractivity contribution in [3.63, 3.8) is 0 Å². The van der Waals surface area contributed by atoms with Gasteiger partial charge in [0.1, 0.15) is 0 Å². The lowest BCUT2D eigenvalue weighted by molar-refractivity contribution is -0.138. The van der Waals surface area contributed by atoms with Gasteiger partial charge in [-0.2, -0.15) is 0 Å². The van der Waals surface area contributed by atoms with E-state index in [1.807, 2.05) is 0 Å². The van der Waals surface area contributed by atoms with Gasteiger partial charge < -0.3 is 10.2 Å². The van der Waals surface area contributed by atoms with Gasteiger partial charge in [-0.05, 0) is 12.8 Å². The highest BCUT2D eigenvalue weighted by atomic mass is 16.2. The molecule has 110 valence electrons. The van der Waals surface area contributed by atoms with Crippen LogP contribution in [0, 0.1) is 5.92 Å². The quantitative estimate of drug-likeness (QED) is 0.788. The van der Waals surface area contributed by atoms with Crippen LogP contribution in [-0.4, -0.2) is 61.0 Å². The summed E-state index contributed by atoms with van der Waals surface area (Å²) in [7, 11) is 0. The summed E-state index contributed by atoms with van der Waals surface area (Å²) < 4.78 is 0. The molecule has 0 unspecified atom stereocenters. The number of nitrogens with one attached hydrogen (secondary N) is 1. The van der Waals surface area contributed by atoms with Crippen LogP contribution in [0.2, 0.25) is 0 Å². The Hall–Kier alpha value is -0.610. The molecular weight excluding hydrogens is 238 g/mol. The minimum atomic E-state index is 0.270. The Labute approximate surface area is 117 Å². The monoisotopic (exact) mass is 267 g/mol. The van der Waals surface area contributed by atoms with Gasteiger partial charge in [0, 0.05) is 51.2 Å². The normalized spacial score (nSPS) is 21.7. The van der Waals surface area contributed by atoms with E-state index in [2.05, 4.69) is 29.0 Å². The zero-order valence-corrected chi connectivity index (χ0v) is 12.5. The second kappa shape index (κ2) is 7.25. The van der Waals surface area contributed by atoms with Crippen LogP contribution in [0.1, 0.15) is 39.5 Å². The first-order chi connectivity index (χ1) is 9.26. The molecule has 0 aromatic carbocycles. The van der Waals surface area contributed by atoms with E-state index in [-0.39, 0.29) is 5.92 Å². The molecule has 0 atom stereocenters. The molecule has 0 aliphatic carbocycles. The van der Waals surface area contributed by atoms with Crippen LogP contribution in [0.4, 0.5) is 0 Å². The van der Waals surface area contributed by atoms with Gasteiger partial charge >= 0.3 is 0 Å². The van der Waals surface area contributed by atoms with Gasteiger partial charge in [0.05, 0.1) is 0 Å². The van der Waals surface area contributed by atoms with E-state index < -0.39 is 0 Å². The number of nitrogens with zero attached hydrogens (tertiary/aromatic N) is 2. The molecule has 4 heteroatoms. The third-order valence-corrected chi connectivity index (χ3v) is 4.53. The lowest BCUT2D eigenvalue weighted by Crippen LogP contribution is -2.62. The van der Waals surface area contributed by atoms with Crippen molar-refractivity contribution >= 4 is 5.91 Å². The van der Waals surface area contributed by atoms with Crippen molar-refractivity contribution in [2.24, 2.45) is 5.92 Å². The van der Waals surface area contributed by atoms with Crippen LogP contribution in [0.5, 0.6) is 0 Å². The van der Waals surface area contributed by atoms with Crippen LogP contribution in [0.25, 0.3) is 0 Å². The molecule has 0 aromatic heterocycles. The average Bonchev–Trinajstić information content (AvgIpc) is 2.37. The fourth-order valence-corrected chi connectivity index (χ4v) is 3.19. The third-order valence-electron chi connectivity index (χ3n) is 4.53. The molecule has 2 saturated heterocycles. The molecule has 2 heterocycles. The van der Waals surface area contributed by atoms with Crippen molar-refractivity contribution in [3.8, 4) is 0 Å². The van der Waals surface area contributed by atoms with E-state index in [9.17, 15) is 4.79 Å². The molecule has 19 heavy (non-hydrogen) atoms. The first kappa shape index (κ1) is 14.8. The predicted molar refractivity (Wildman–Crippen MR) is 78.1 cm³/mol. The first-order valence-corrected chi connectivity index (χ1v) is 7.99. The Bertz CT molecular complexity index is 277. The molecule has 2 aliphatic heterocycles. The van der Waals surface area contributed by atoms with Crippen LogP contribution in [0.15, 0.2) is 0 Å². The molecule has 4 nitrogen and oxygen atoms in total. The molecule has 0 radical (unpaired) electrons. The Balaban J connectivity index is 1.79. The van der Waals surface area contributed by atoms with Gasteiger partial charge in [-0.15, -0.1) is 0 Å². The van der Waals surface area contributed by atoms with E-state index in [0.717, 1.165) is 71.0 Å². The first-order valence-electron chi connectivity index (χ1n) is 7.99. The summed E-state index contributed by atoms with van der Waals surface area (Å²) in [6, 6.07) is 0.722. The Morgan fingerprint density at radius 2 is 1.68 bits per heavy atom. The molecule has 2 fully saturated rings. The molecular formula is C15H29N3O. The van der Waals surface area contributed by atoms with Crippen LogP contribution >= 0.6 is 0 Å². The molecule has 0 aromatic rings. The standard InChI is InChI=1S/C15H29N3O/c1-3-5-13(6-4-2)15(19)18-9-7-17(8-10-18)14-11-16-12-14/h13-14,16H,3-12H2,1-2H3. The van der Waals surface area contributed by atoms with Crippen molar-refractivity contribution in [1.29, 1.82) is 0 Å². The van der Waals surface area contributed by atoms with Gasteiger partial charge in [-0.25, -0.2) is 0 Å². The fourth-order valence-electron chi connectivity index (χ4n) is 3.19. The number of amides is 1. The maximum absolute atomic E-state index is 12.5. The topological polar surface area (TPSA) is 35.6 Å². The van der Waals surface area contributed by atoms with Gasteiger partial charge in [0.25, 0.3) is 0 Å². The third kappa shape index (κ3) is 3.69. The minimum absolute atomic E-state index is 0.270. The lowest BCUT2D eigenvalue weighted by atomic mass is 9.96. The maximum atomic E-state index is 12.5. The minimum Gasteiger partial charge on any atom is -0.340 e. The number of rotatable bonds is 6. The second-order valence-corrected chi connectivity index (χ2v) is 5.95. The Morgan fingerprint density at radius 3 is 2.11 bits per heavy atom. The largest absolute Gasteiger partial charge is 0.340 e. The van der Waals surface area contributed by atoms with E-state index in [1.165, 1.54) is 0 Å². The molecule has 2 rings (SSSR count). The smallest absolute Gasteiger partial charge is 0.225 e. The molecule has 2 aliphatic rings. The zero-order valence-electron chi connectivity index (χ0n) is 12.5. The SMILES string of the molecule is CCCC(CCC)C(=O)N1CCN(C2CNC2)CC1. The highest BCUT2D eigenvalue weighted by molar-refractivity contribution is 5.78. The number of carbonyl (C=O) groups is 1. The van der Waals surface area contributed by atoms with E-state index in [0.29, 0.717) is 5.91 Å². The van der Waals surface area contributed by atoms with Crippen LogP contribution < -0.4 is 5.32 Å². The summed E-state index contributed by atoms with van der Waals surface area (Å²) in [6.07, 6.45) is 4.34. The van der Waals surface area contributed by atoms with Crippen molar-refractivity contribution in [3.05, 3.63) is 0 Å². The second-order valence-electron chi connectivity index (χ2n) is 5.95. The molecule has 1 N–H and O–H groups in total. The van der Waals surface area contributed by atoms with Gasteiger partial charge in [0.2, 0.25) is 5.91 Å². The van der Waals surface area contributed by atoms with Crippen molar-refractivity contribution in [2.45, 2.75) is 45.6 Å². The van der Waals surface area contributed by atoms with Crippen molar-refractivity contribution in [2.75, 3.05) is 39.3 Å². The molecule has 0 bridgehead atoms.